The number of amides is 1. The fourth-order valence-corrected chi connectivity index (χ4v) is 3.35. The topological polar surface area (TPSA) is 59.8 Å². The van der Waals surface area contributed by atoms with E-state index in [1.54, 1.807) is 6.20 Å². The second kappa shape index (κ2) is 6.86. The summed E-state index contributed by atoms with van der Waals surface area (Å²) in [7, 11) is 0. The van der Waals surface area contributed by atoms with Gasteiger partial charge in [-0.2, -0.15) is 4.37 Å². The molecule has 0 bridgehead atoms. The van der Waals surface area contributed by atoms with E-state index in [1.807, 2.05) is 58.5 Å². The molecule has 6 heteroatoms. The molecule has 4 rings (SSSR count). The maximum atomic E-state index is 12.5. The van der Waals surface area contributed by atoms with Crippen LogP contribution in [0.1, 0.15) is 5.69 Å². The summed E-state index contributed by atoms with van der Waals surface area (Å²) < 4.78 is 6.43. The molecule has 0 saturated carbocycles. The first-order valence-corrected chi connectivity index (χ1v) is 8.80. The number of hydrogen-bond donors (Lipinski definition) is 1. The van der Waals surface area contributed by atoms with E-state index in [2.05, 4.69) is 20.7 Å². The molecule has 0 aliphatic carbocycles. The van der Waals surface area contributed by atoms with E-state index in [0.717, 1.165) is 28.0 Å². The molecular weight excluding hydrogens is 332 g/mol. The van der Waals surface area contributed by atoms with Crippen LogP contribution in [0, 0.1) is 0 Å². The van der Waals surface area contributed by atoms with Crippen molar-refractivity contribution in [1.29, 1.82) is 0 Å². The molecule has 0 aliphatic rings. The van der Waals surface area contributed by atoms with Crippen LogP contribution in [-0.4, -0.2) is 19.8 Å². The summed E-state index contributed by atoms with van der Waals surface area (Å²) in [4.78, 5) is 16.7. The molecule has 4 aromatic rings. The van der Waals surface area contributed by atoms with Crippen LogP contribution >= 0.6 is 11.5 Å². The fraction of sp³-hybridized carbons (Fsp3) is 0.105. The van der Waals surface area contributed by atoms with Gasteiger partial charge in [0.25, 0.3) is 0 Å². The van der Waals surface area contributed by atoms with Crippen molar-refractivity contribution < 1.29 is 4.79 Å². The zero-order valence-corrected chi connectivity index (χ0v) is 14.2. The number of carbonyl (C=O) groups is 1. The summed E-state index contributed by atoms with van der Waals surface area (Å²) in [5.41, 5.74) is 3.71. The lowest BCUT2D eigenvalue weighted by atomic mass is 10.2. The second-order valence-corrected chi connectivity index (χ2v) is 6.32. The Kier molecular flexibility index (Phi) is 4.26. The van der Waals surface area contributed by atoms with Crippen molar-refractivity contribution in [2.75, 3.05) is 0 Å². The van der Waals surface area contributed by atoms with Gasteiger partial charge >= 0.3 is 0 Å². The third-order valence-electron chi connectivity index (χ3n) is 4.01. The van der Waals surface area contributed by atoms with E-state index >= 15 is 0 Å². The van der Waals surface area contributed by atoms with Gasteiger partial charge in [-0.15, -0.1) is 0 Å². The van der Waals surface area contributed by atoms with Crippen molar-refractivity contribution in [1.82, 2.24) is 19.2 Å². The Morgan fingerprint density at radius 1 is 1.12 bits per heavy atom. The number of para-hydroxylation sites is 1. The number of benzene rings is 1. The summed E-state index contributed by atoms with van der Waals surface area (Å²) in [6.45, 7) is 0.665. The molecule has 25 heavy (non-hydrogen) atoms. The highest BCUT2D eigenvalue weighted by atomic mass is 32.1. The van der Waals surface area contributed by atoms with E-state index < -0.39 is 0 Å². The van der Waals surface area contributed by atoms with Crippen LogP contribution in [0.2, 0.25) is 0 Å². The molecule has 0 aliphatic heterocycles. The number of hydrogen-bond acceptors (Lipinski definition) is 4. The third kappa shape index (κ3) is 3.29. The zero-order valence-electron chi connectivity index (χ0n) is 13.4. The van der Waals surface area contributed by atoms with Crippen LogP contribution in [0.15, 0.2) is 66.2 Å². The molecule has 3 heterocycles. The molecule has 124 valence electrons. The van der Waals surface area contributed by atoms with Crippen molar-refractivity contribution in [3.63, 3.8) is 0 Å². The molecule has 0 atom stereocenters. The van der Waals surface area contributed by atoms with Crippen LogP contribution < -0.4 is 5.32 Å². The van der Waals surface area contributed by atoms with Gasteiger partial charge in [0.1, 0.15) is 12.2 Å². The van der Waals surface area contributed by atoms with Crippen molar-refractivity contribution in [3.05, 3.63) is 71.9 Å². The van der Waals surface area contributed by atoms with Crippen LogP contribution in [0.3, 0.4) is 0 Å². The average Bonchev–Trinajstić information content (AvgIpc) is 3.29. The van der Waals surface area contributed by atoms with Crippen LogP contribution in [-0.2, 0) is 17.9 Å². The van der Waals surface area contributed by atoms with Crippen molar-refractivity contribution in [2.45, 2.75) is 13.1 Å². The van der Waals surface area contributed by atoms with E-state index in [1.165, 1.54) is 11.5 Å². The first kappa shape index (κ1) is 15.5. The average molecular weight is 348 g/mol. The predicted octanol–water partition coefficient (Wildman–Crippen LogP) is 3.48. The Morgan fingerprint density at radius 3 is 2.80 bits per heavy atom. The first-order chi connectivity index (χ1) is 12.3. The van der Waals surface area contributed by atoms with E-state index in [0.29, 0.717) is 6.54 Å². The summed E-state index contributed by atoms with van der Waals surface area (Å²) in [6, 6.07) is 17.8. The third-order valence-corrected chi connectivity index (χ3v) is 4.57. The highest BCUT2D eigenvalue weighted by Gasteiger charge is 2.14. The number of fused-ring (bicyclic) bond motifs is 1. The molecule has 0 fully saturated rings. The fourth-order valence-electron chi connectivity index (χ4n) is 2.83. The predicted molar refractivity (Wildman–Crippen MR) is 99.1 cm³/mol. The lowest BCUT2D eigenvalue weighted by Gasteiger charge is -2.10. The number of carbonyl (C=O) groups excluding carboxylic acids is 1. The molecular formula is C19H16N4OS. The maximum Gasteiger partial charge on any atom is 0.240 e. The van der Waals surface area contributed by atoms with Gasteiger partial charge in [-0.05, 0) is 41.9 Å². The Bertz CT molecular complexity index is 993. The number of pyridine rings is 1. The Balaban J connectivity index is 1.60. The van der Waals surface area contributed by atoms with Gasteiger partial charge in [-0.25, -0.2) is 0 Å². The molecule has 1 amide bonds. The SMILES string of the molecule is O=C(Cn1c(-c2ccsn2)cc2ccccc21)NCc1ccccn1. The van der Waals surface area contributed by atoms with Crippen LogP contribution in [0.25, 0.3) is 22.3 Å². The number of nitrogens with zero attached hydrogens (tertiary/aromatic N) is 3. The van der Waals surface area contributed by atoms with Gasteiger partial charge in [-0.3, -0.25) is 9.78 Å². The van der Waals surface area contributed by atoms with E-state index in [-0.39, 0.29) is 12.5 Å². The largest absolute Gasteiger partial charge is 0.349 e. The Morgan fingerprint density at radius 2 is 2.00 bits per heavy atom. The minimum absolute atomic E-state index is 0.0523. The Hall–Kier alpha value is -2.99. The number of nitrogens with one attached hydrogen (secondary N) is 1. The van der Waals surface area contributed by atoms with Crippen LogP contribution in [0.5, 0.6) is 0 Å². The van der Waals surface area contributed by atoms with Crippen LogP contribution in [0.4, 0.5) is 0 Å². The smallest absolute Gasteiger partial charge is 0.240 e. The van der Waals surface area contributed by atoms with Crippen molar-refractivity contribution in [3.8, 4) is 11.4 Å². The standard InChI is InChI=1S/C19H16N4OS/c24-19(21-12-15-6-3-4-9-20-15)13-23-17-7-2-1-5-14(17)11-18(23)16-8-10-25-22-16/h1-11H,12-13H2,(H,21,24). The molecule has 1 aromatic carbocycles. The number of aromatic nitrogens is 3. The quantitative estimate of drug-likeness (QED) is 0.601. The molecule has 0 saturated heterocycles. The number of rotatable bonds is 5. The maximum absolute atomic E-state index is 12.5. The summed E-state index contributed by atoms with van der Waals surface area (Å²) in [5, 5.41) is 5.98. The highest BCUT2D eigenvalue weighted by molar-refractivity contribution is 7.03. The normalized spacial score (nSPS) is 10.9. The molecule has 0 unspecified atom stereocenters. The lowest BCUT2D eigenvalue weighted by Crippen LogP contribution is -2.27. The minimum atomic E-state index is -0.0523. The Labute approximate surface area is 149 Å². The molecule has 5 nitrogen and oxygen atoms in total. The van der Waals surface area contributed by atoms with Gasteiger partial charge in [0, 0.05) is 22.5 Å². The van der Waals surface area contributed by atoms with Gasteiger partial charge in [0.2, 0.25) is 5.91 Å². The molecule has 1 N–H and O–H groups in total. The summed E-state index contributed by atoms with van der Waals surface area (Å²) in [6.07, 6.45) is 1.72. The second-order valence-electron chi connectivity index (χ2n) is 5.66. The summed E-state index contributed by atoms with van der Waals surface area (Å²) in [5.74, 6) is -0.0523. The van der Waals surface area contributed by atoms with E-state index in [4.69, 9.17) is 0 Å². The van der Waals surface area contributed by atoms with Gasteiger partial charge in [-0.1, -0.05) is 24.3 Å². The molecule has 3 aromatic heterocycles. The first-order valence-electron chi connectivity index (χ1n) is 7.97. The molecule has 0 radical (unpaired) electrons. The van der Waals surface area contributed by atoms with Crippen molar-refractivity contribution >= 4 is 28.3 Å². The lowest BCUT2D eigenvalue weighted by molar-refractivity contribution is -0.121. The van der Waals surface area contributed by atoms with Gasteiger partial charge < -0.3 is 9.88 Å². The zero-order chi connectivity index (χ0) is 17.1. The molecule has 0 spiro atoms. The van der Waals surface area contributed by atoms with E-state index in [9.17, 15) is 4.79 Å². The minimum Gasteiger partial charge on any atom is -0.349 e. The van der Waals surface area contributed by atoms with Gasteiger partial charge in [0.05, 0.1) is 17.9 Å². The van der Waals surface area contributed by atoms with Gasteiger partial charge in [0.15, 0.2) is 0 Å². The van der Waals surface area contributed by atoms with Crippen molar-refractivity contribution in [2.24, 2.45) is 0 Å². The monoisotopic (exact) mass is 348 g/mol. The highest BCUT2D eigenvalue weighted by Crippen LogP contribution is 2.27. The summed E-state index contributed by atoms with van der Waals surface area (Å²) >= 11 is 1.41.